The highest BCUT2D eigenvalue weighted by molar-refractivity contribution is 5.77. The molecule has 2 fully saturated rings. The van der Waals surface area contributed by atoms with Crippen molar-refractivity contribution in [3.8, 4) is 0 Å². The number of nitrogens with zero attached hydrogens (tertiary/aromatic N) is 1. The van der Waals surface area contributed by atoms with Crippen molar-refractivity contribution in [1.82, 2.24) is 10.2 Å². The van der Waals surface area contributed by atoms with Crippen LogP contribution in [-0.4, -0.2) is 36.5 Å². The molecule has 104 valence electrons. The Morgan fingerprint density at radius 3 is 2.67 bits per heavy atom. The third-order valence-electron chi connectivity index (χ3n) is 4.80. The highest BCUT2D eigenvalue weighted by Gasteiger charge is 2.37. The smallest absolute Gasteiger partial charge is 0.223 e. The molecular weight excluding hydrogens is 224 g/mol. The first-order chi connectivity index (χ1) is 8.65. The van der Waals surface area contributed by atoms with Gasteiger partial charge in [-0.2, -0.15) is 0 Å². The predicted octanol–water partition coefficient (Wildman–Crippen LogP) is 2.56. The Kier molecular flexibility index (Phi) is 4.66. The first-order valence-corrected chi connectivity index (χ1v) is 7.61. The van der Waals surface area contributed by atoms with Crippen LogP contribution in [0.3, 0.4) is 0 Å². The molecule has 18 heavy (non-hydrogen) atoms. The summed E-state index contributed by atoms with van der Waals surface area (Å²) in [4.78, 5) is 14.7. The first-order valence-electron chi connectivity index (χ1n) is 7.61. The summed E-state index contributed by atoms with van der Waals surface area (Å²) in [5.41, 5.74) is 0.0443. The van der Waals surface area contributed by atoms with E-state index in [9.17, 15) is 4.79 Å². The molecule has 0 radical (unpaired) electrons. The third-order valence-corrected chi connectivity index (χ3v) is 4.80. The van der Waals surface area contributed by atoms with Crippen LogP contribution in [0.2, 0.25) is 0 Å². The van der Waals surface area contributed by atoms with E-state index in [4.69, 9.17) is 0 Å². The van der Waals surface area contributed by atoms with Gasteiger partial charge in [-0.05, 0) is 52.0 Å². The Morgan fingerprint density at radius 1 is 1.28 bits per heavy atom. The average Bonchev–Trinajstić information content (AvgIpc) is 2.82. The second-order valence-electron chi connectivity index (χ2n) is 6.38. The molecule has 0 aromatic rings. The second-order valence-corrected chi connectivity index (χ2v) is 6.38. The largest absolute Gasteiger partial charge is 0.336 e. The van der Waals surface area contributed by atoms with Crippen LogP contribution in [0.4, 0.5) is 0 Å². The molecule has 0 bridgehead atoms. The van der Waals surface area contributed by atoms with E-state index < -0.39 is 0 Å². The molecule has 0 spiro atoms. The summed E-state index contributed by atoms with van der Waals surface area (Å²) in [6.45, 7) is 4.13. The Labute approximate surface area is 111 Å². The number of likely N-dealkylation sites (tertiary alicyclic amines) is 1. The molecule has 0 aromatic carbocycles. The van der Waals surface area contributed by atoms with Crippen LogP contribution < -0.4 is 5.32 Å². The Hall–Kier alpha value is -0.570. The summed E-state index contributed by atoms with van der Waals surface area (Å²) in [5.74, 6) is 1.07. The van der Waals surface area contributed by atoms with Crippen molar-refractivity contribution in [2.45, 2.75) is 63.8 Å². The number of likely N-dealkylation sites (N-methyl/N-ethyl adjacent to an activating group) is 1. The minimum Gasteiger partial charge on any atom is -0.336 e. The summed E-state index contributed by atoms with van der Waals surface area (Å²) in [6.07, 6.45) is 9.55. The molecule has 1 heterocycles. The van der Waals surface area contributed by atoms with Gasteiger partial charge in [0.1, 0.15) is 0 Å². The molecule has 2 rings (SSSR count). The number of amides is 1. The third kappa shape index (κ3) is 3.05. The quantitative estimate of drug-likeness (QED) is 0.834. The number of nitrogens with one attached hydrogen (secondary N) is 1. The van der Waals surface area contributed by atoms with Crippen molar-refractivity contribution in [3.05, 3.63) is 0 Å². The standard InChI is InChI=1S/C15H28N2O/c1-15(12-16-2)9-5-6-10-17(15)14(18)11-13-7-3-4-8-13/h13,16H,3-12H2,1-2H3. The van der Waals surface area contributed by atoms with Crippen molar-refractivity contribution in [3.63, 3.8) is 0 Å². The minimum atomic E-state index is 0.0443. The maximum atomic E-state index is 12.5. The van der Waals surface area contributed by atoms with Crippen molar-refractivity contribution in [1.29, 1.82) is 0 Å². The average molecular weight is 252 g/mol. The first kappa shape index (κ1) is 13.9. The zero-order valence-electron chi connectivity index (χ0n) is 12.0. The molecule has 1 unspecified atom stereocenters. The van der Waals surface area contributed by atoms with Gasteiger partial charge in [-0.3, -0.25) is 4.79 Å². The lowest BCUT2D eigenvalue weighted by Crippen LogP contribution is -2.57. The summed E-state index contributed by atoms with van der Waals surface area (Å²) < 4.78 is 0. The van der Waals surface area contributed by atoms with E-state index in [2.05, 4.69) is 17.1 Å². The van der Waals surface area contributed by atoms with E-state index in [1.54, 1.807) is 0 Å². The fourth-order valence-electron chi connectivity index (χ4n) is 3.74. The van der Waals surface area contributed by atoms with E-state index in [1.807, 2.05) is 7.05 Å². The van der Waals surface area contributed by atoms with Gasteiger partial charge in [-0.1, -0.05) is 12.8 Å². The van der Waals surface area contributed by atoms with Gasteiger partial charge in [0, 0.05) is 19.5 Å². The maximum absolute atomic E-state index is 12.5. The van der Waals surface area contributed by atoms with Crippen LogP contribution in [0.15, 0.2) is 0 Å². The molecule has 1 N–H and O–H groups in total. The zero-order chi connectivity index (χ0) is 13.0. The molecule has 2 aliphatic rings. The molecule has 3 heteroatoms. The van der Waals surface area contributed by atoms with Crippen LogP contribution in [0.25, 0.3) is 0 Å². The lowest BCUT2D eigenvalue weighted by Gasteiger charge is -2.45. The fourth-order valence-corrected chi connectivity index (χ4v) is 3.74. The van der Waals surface area contributed by atoms with Crippen LogP contribution >= 0.6 is 0 Å². The molecule has 1 aliphatic carbocycles. The summed E-state index contributed by atoms with van der Waals surface area (Å²) >= 11 is 0. The molecule has 1 aliphatic heterocycles. The number of hydrogen-bond donors (Lipinski definition) is 1. The van der Waals surface area contributed by atoms with Gasteiger partial charge in [0.2, 0.25) is 5.91 Å². The van der Waals surface area contributed by atoms with E-state index in [0.29, 0.717) is 11.8 Å². The monoisotopic (exact) mass is 252 g/mol. The molecule has 1 saturated heterocycles. The topological polar surface area (TPSA) is 32.3 Å². The Bertz CT molecular complexity index is 282. The minimum absolute atomic E-state index is 0.0443. The molecule has 1 atom stereocenters. The SMILES string of the molecule is CNCC1(C)CCCCN1C(=O)CC1CCCC1. The van der Waals surface area contributed by atoms with E-state index in [1.165, 1.54) is 38.5 Å². The highest BCUT2D eigenvalue weighted by Crippen LogP contribution is 2.32. The van der Waals surface area contributed by atoms with Crippen LogP contribution in [0.5, 0.6) is 0 Å². The normalized spacial score (nSPS) is 29.8. The Morgan fingerprint density at radius 2 is 2.00 bits per heavy atom. The van der Waals surface area contributed by atoms with Gasteiger partial charge in [0.25, 0.3) is 0 Å². The van der Waals surface area contributed by atoms with E-state index in [0.717, 1.165) is 25.9 Å². The van der Waals surface area contributed by atoms with E-state index >= 15 is 0 Å². The lowest BCUT2D eigenvalue weighted by atomic mass is 9.87. The van der Waals surface area contributed by atoms with Crippen molar-refractivity contribution >= 4 is 5.91 Å². The summed E-state index contributed by atoms with van der Waals surface area (Å²) in [6, 6.07) is 0. The molecular formula is C15H28N2O. The number of piperidine rings is 1. The van der Waals surface area contributed by atoms with Gasteiger partial charge in [0.15, 0.2) is 0 Å². The second kappa shape index (κ2) is 6.05. The maximum Gasteiger partial charge on any atom is 0.223 e. The Balaban J connectivity index is 1.96. The molecule has 0 aromatic heterocycles. The van der Waals surface area contributed by atoms with Gasteiger partial charge in [-0.25, -0.2) is 0 Å². The predicted molar refractivity (Wildman–Crippen MR) is 74.5 cm³/mol. The summed E-state index contributed by atoms with van der Waals surface area (Å²) in [5, 5.41) is 3.26. The number of carbonyl (C=O) groups excluding carboxylic acids is 1. The fraction of sp³-hybridized carbons (Fsp3) is 0.933. The highest BCUT2D eigenvalue weighted by atomic mass is 16.2. The number of hydrogen-bond acceptors (Lipinski definition) is 2. The lowest BCUT2D eigenvalue weighted by molar-refractivity contribution is -0.140. The van der Waals surface area contributed by atoms with Crippen LogP contribution in [-0.2, 0) is 4.79 Å². The summed E-state index contributed by atoms with van der Waals surface area (Å²) in [7, 11) is 1.99. The van der Waals surface area contributed by atoms with Crippen molar-refractivity contribution in [2.24, 2.45) is 5.92 Å². The molecule has 1 saturated carbocycles. The van der Waals surface area contributed by atoms with Crippen molar-refractivity contribution in [2.75, 3.05) is 20.1 Å². The van der Waals surface area contributed by atoms with Gasteiger partial charge >= 0.3 is 0 Å². The van der Waals surface area contributed by atoms with Crippen molar-refractivity contribution < 1.29 is 4.79 Å². The zero-order valence-corrected chi connectivity index (χ0v) is 12.0. The van der Waals surface area contributed by atoms with Crippen LogP contribution in [0, 0.1) is 5.92 Å². The number of carbonyl (C=O) groups is 1. The van der Waals surface area contributed by atoms with Crippen LogP contribution in [0.1, 0.15) is 58.3 Å². The van der Waals surface area contributed by atoms with Gasteiger partial charge in [-0.15, -0.1) is 0 Å². The van der Waals surface area contributed by atoms with Gasteiger partial charge in [0.05, 0.1) is 5.54 Å². The van der Waals surface area contributed by atoms with E-state index in [-0.39, 0.29) is 5.54 Å². The molecule has 1 amide bonds. The molecule has 3 nitrogen and oxygen atoms in total. The van der Waals surface area contributed by atoms with Gasteiger partial charge < -0.3 is 10.2 Å². The number of rotatable bonds is 4.